The summed E-state index contributed by atoms with van der Waals surface area (Å²) < 4.78 is 18.6. The Balaban J connectivity index is 1.42. The number of aromatic nitrogens is 1. The van der Waals surface area contributed by atoms with Crippen LogP contribution in [0.4, 0.5) is 10.5 Å². The molecule has 0 bridgehead atoms. The van der Waals surface area contributed by atoms with Gasteiger partial charge in [0.15, 0.2) is 11.5 Å². The summed E-state index contributed by atoms with van der Waals surface area (Å²) in [5, 5.41) is 2.32. The van der Waals surface area contributed by atoms with E-state index >= 15 is 0 Å². The van der Waals surface area contributed by atoms with Crippen molar-refractivity contribution in [2.45, 2.75) is 6.92 Å². The first kappa shape index (κ1) is 27.7. The Labute approximate surface area is 258 Å². The molecule has 9 heteroatoms. The van der Waals surface area contributed by atoms with Crippen LogP contribution < -0.4 is 24.4 Å². The second-order valence-corrected chi connectivity index (χ2v) is 10.3. The molecule has 2 aliphatic rings. The van der Waals surface area contributed by atoms with Crippen LogP contribution in [0.2, 0.25) is 0 Å². The maximum atomic E-state index is 13.9. The van der Waals surface area contributed by atoms with E-state index in [2.05, 4.69) is 9.88 Å². The molecule has 3 heterocycles. The van der Waals surface area contributed by atoms with Crippen LogP contribution >= 0.6 is 0 Å². The number of fused-ring (bicyclic) bond motifs is 1. The van der Waals surface area contributed by atoms with Gasteiger partial charge < -0.3 is 18.8 Å². The molecule has 7 rings (SSSR count). The average molecular weight is 598 g/mol. The number of carbonyl (C=O) groups excluding carboxylic acids is 3. The van der Waals surface area contributed by atoms with Gasteiger partial charge in [0.25, 0.3) is 11.8 Å². The van der Waals surface area contributed by atoms with Gasteiger partial charge >= 0.3 is 6.03 Å². The summed E-state index contributed by atoms with van der Waals surface area (Å²) in [5.41, 5.74) is 4.95. The van der Waals surface area contributed by atoms with Crippen molar-refractivity contribution in [3.63, 3.8) is 0 Å². The van der Waals surface area contributed by atoms with E-state index in [4.69, 9.17) is 14.2 Å². The molecule has 45 heavy (non-hydrogen) atoms. The van der Waals surface area contributed by atoms with E-state index in [9.17, 15) is 14.4 Å². The predicted molar refractivity (Wildman–Crippen MR) is 169 cm³/mol. The number of benzene rings is 4. The van der Waals surface area contributed by atoms with Crippen molar-refractivity contribution >= 4 is 29.6 Å². The molecule has 0 spiro atoms. The third-order valence-corrected chi connectivity index (χ3v) is 7.57. The molecule has 5 aromatic rings. The second kappa shape index (κ2) is 11.5. The van der Waals surface area contributed by atoms with Gasteiger partial charge in [-0.1, -0.05) is 60.7 Å². The number of hydrogen-bond acceptors (Lipinski definition) is 6. The first-order chi connectivity index (χ1) is 22.0. The van der Waals surface area contributed by atoms with Gasteiger partial charge in [-0.2, -0.15) is 0 Å². The maximum absolute atomic E-state index is 13.9. The van der Waals surface area contributed by atoms with Gasteiger partial charge in [0, 0.05) is 17.3 Å². The average Bonchev–Trinajstić information content (AvgIpc) is 3.69. The van der Waals surface area contributed by atoms with Crippen LogP contribution in [0.1, 0.15) is 12.5 Å². The summed E-state index contributed by atoms with van der Waals surface area (Å²) in [6.45, 7) is 2.53. The Hall–Kier alpha value is -6.09. The lowest BCUT2D eigenvalue weighted by atomic mass is 10.0. The Morgan fingerprint density at radius 2 is 1.44 bits per heavy atom. The van der Waals surface area contributed by atoms with Crippen LogP contribution in [-0.2, 0) is 9.59 Å². The largest absolute Gasteiger partial charge is 0.494 e. The number of barbiturate groups is 1. The number of rotatable bonds is 7. The number of nitrogens with one attached hydrogen (secondary N) is 1. The fourth-order valence-corrected chi connectivity index (χ4v) is 5.55. The lowest BCUT2D eigenvalue weighted by Gasteiger charge is -2.26. The van der Waals surface area contributed by atoms with Crippen LogP contribution in [-0.4, -0.2) is 35.8 Å². The number of nitrogens with zero attached hydrogens (tertiary/aromatic N) is 2. The number of ether oxygens (including phenoxy) is 3. The fraction of sp³-hybridized carbons (Fsp3) is 0.0833. The van der Waals surface area contributed by atoms with Crippen LogP contribution in [0.25, 0.3) is 34.3 Å². The molecule has 1 fully saturated rings. The van der Waals surface area contributed by atoms with Crippen LogP contribution in [0.15, 0.2) is 115 Å². The Morgan fingerprint density at radius 1 is 0.778 bits per heavy atom. The molecule has 1 aromatic heterocycles. The molecule has 0 unspecified atom stereocenters. The summed E-state index contributed by atoms with van der Waals surface area (Å²) in [4.78, 5) is 41.1. The molecule has 1 saturated heterocycles. The topological polar surface area (TPSA) is 99.1 Å². The highest BCUT2D eigenvalue weighted by molar-refractivity contribution is 6.39. The zero-order valence-electron chi connectivity index (χ0n) is 24.2. The standard InChI is InChI=1S/C36H27N3O6/c1-2-43-28-16-13-26(14-17-28)38-30(23-9-5-3-6-10-23)20-25(33(38)24-11-7-4-8-12-24)19-29-34(40)37-36(42)39(35(29)41)27-15-18-31-32(21-27)45-22-44-31/h3-21H,2,22H2,1H3,(H,37,40,42)/b29-19-. The highest BCUT2D eigenvalue weighted by Gasteiger charge is 2.38. The maximum Gasteiger partial charge on any atom is 0.335 e. The SMILES string of the molecule is CCOc1ccc(-n2c(-c3ccccc3)cc(/C=C3/C(=O)NC(=O)N(c4ccc5c(c4)OCO5)C3=O)c2-c2ccccc2)cc1. The van der Waals surface area contributed by atoms with Crippen molar-refractivity contribution in [2.24, 2.45) is 0 Å². The van der Waals surface area contributed by atoms with Crippen LogP contribution in [0.5, 0.6) is 17.2 Å². The minimum Gasteiger partial charge on any atom is -0.494 e. The second-order valence-electron chi connectivity index (χ2n) is 10.3. The minimum absolute atomic E-state index is 0.0416. The number of imide groups is 2. The quantitative estimate of drug-likeness (QED) is 0.168. The van der Waals surface area contributed by atoms with Crippen molar-refractivity contribution in [3.05, 3.63) is 120 Å². The third kappa shape index (κ3) is 5.10. The normalized spacial score (nSPS) is 15.0. The van der Waals surface area contributed by atoms with E-state index in [1.807, 2.05) is 97.9 Å². The zero-order chi connectivity index (χ0) is 30.9. The summed E-state index contributed by atoms with van der Waals surface area (Å²) in [6, 6.07) is 33.2. The van der Waals surface area contributed by atoms with E-state index in [0.29, 0.717) is 23.7 Å². The molecular weight excluding hydrogens is 570 g/mol. The monoisotopic (exact) mass is 597 g/mol. The summed E-state index contributed by atoms with van der Waals surface area (Å²) in [6.07, 6.45) is 1.55. The number of amides is 4. The van der Waals surface area contributed by atoms with E-state index in [1.165, 1.54) is 0 Å². The molecule has 1 N–H and O–H groups in total. The zero-order valence-corrected chi connectivity index (χ0v) is 24.2. The lowest BCUT2D eigenvalue weighted by molar-refractivity contribution is -0.122. The van der Waals surface area contributed by atoms with Gasteiger partial charge in [-0.15, -0.1) is 0 Å². The lowest BCUT2D eigenvalue weighted by Crippen LogP contribution is -2.54. The van der Waals surface area contributed by atoms with Crippen molar-refractivity contribution in [1.29, 1.82) is 0 Å². The van der Waals surface area contributed by atoms with Crippen molar-refractivity contribution < 1.29 is 28.6 Å². The molecule has 2 aliphatic heterocycles. The third-order valence-electron chi connectivity index (χ3n) is 7.57. The number of urea groups is 1. The van der Waals surface area contributed by atoms with Gasteiger partial charge in [0.05, 0.1) is 23.7 Å². The Bertz CT molecular complexity index is 1960. The molecule has 0 saturated carbocycles. The summed E-state index contributed by atoms with van der Waals surface area (Å²) in [5.74, 6) is 0.123. The molecule has 0 aliphatic carbocycles. The van der Waals surface area contributed by atoms with Gasteiger partial charge in [-0.05, 0) is 66.6 Å². The van der Waals surface area contributed by atoms with E-state index in [0.717, 1.165) is 38.9 Å². The van der Waals surface area contributed by atoms with Gasteiger partial charge in [-0.3, -0.25) is 14.9 Å². The fourth-order valence-electron chi connectivity index (χ4n) is 5.55. The van der Waals surface area contributed by atoms with Crippen molar-refractivity contribution in [1.82, 2.24) is 9.88 Å². The number of carbonyl (C=O) groups is 3. The Morgan fingerprint density at radius 3 is 2.16 bits per heavy atom. The van der Waals surface area contributed by atoms with E-state index in [1.54, 1.807) is 24.3 Å². The first-order valence-electron chi connectivity index (χ1n) is 14.4. The summed E-state index contributed by atoms with van der Waals surface area (Å²) in [7, 11) is 0. The van der Waals surface area contributed by atoms with E-state index < -0.39 is 17.8 Å². The molecule has 9 nitrogen and oxygen atoms in total. The first-order valence-corrected chi connectivity index (χ1v) is 14.4. The molecule has 222 valence electrons. The smallest absolute Gasteiger partial charge is 0.335 e. The number of hydrogen-bond donors (Lipinski definition) is 1. The van der Waals surface area contributed by atoms with Crippen LogP contribution in [0.3, 0.4) is 0 Å². The van der Waals surface area contributed by atoms with E-state index in [-0.39, 0.29) is 18.1 Å². The highest BCUT2D eigenvalue weighted by atomic mass is 16.7. The van der Waals surface area contributed by atoms with Crippen molar-refractivity contribution in [3.8, 4) is 45.5 Å². The predicted octanol–water partition coefficient (Wildman–Crippen LogP) is 6.61. The van der Waals surface area contributed by atoms with Gasteiger partial charge in [0.2, 0.25) is 6.79 Å². The van der Waals surface area contributed by atoms with Gasteiger partial charge in [0.1, 0.15) is 11.3 Å². The molecular formula is C36H27N3O6. The Kier molecular flexibility index (Phi) is 7.11. The minimum atomic E-state index is -0.846. The highest BCUT2D eigenvalue weighted by Crippen LogP contribution is 2.39. The number of anilines is 1. The molecule has 0 radical (unpaired) electrons. The summed E-state index contributed by atoms with van der Waals surface area (Å²) >= 11 is 0. The molecule has 4 amide bonds. The molecule has 0 atom stereocenters. The van der Waals surface area contributed by atoms with Crippen LogP contribution in [0, 0.1) is 0 Å². The van der Waals surface area contributed by atoms with Gasteiger partial charge in [-0.25, -0.2) is 9.69 Å². The van der Waals surface area contributed by atoms with Crippen molar-refractivity contribution in [2.75, 3.05) is 18.3 Å². The molecule has 4 aromatic carbocycles.